The summed E-state index contributed by atoms with van der Waals surface area (Å²) in [7, 11) is 2.15. The van der Waals surface area contributed by atoms with E-state index in [0.29, 0.717) is 12.0 Å². The van der Waals surface area contributed by atoms with Gasteiger partial charge in [-0.05, 0) is 37.7 Å². The minimum Gasteiger partial charge on any atom is -0.329 e. The van der Waals surface area contributed by atoms with Crippen molar-refractivity contribution in [1.82, 2.24) is 4.90 Å². The van der Waals surface area contributed by atoms with Crippen LogP contribution in [0.5, 0.6) is 0 Å². The van der Waals surface area contributed by atoms with Gasteiger partial charge in [0.25, 0.3) is 0 Å². The average Bonchev–Trinajstić information content (AvgIpc) is 2.61. The Balaban J connectivity index is 2.20. The number of likely N-dealkylation sites (tertiary alicyclic amines) is 1. The molecule has 1 aromatic rings. The lowest BCUT2D eigenvalue weighted by atomic mass is 9.92. The summed E-state index contributed by atoms with van der Waals surface area (Å²) in [5, 5.41) is 0.800. The van der Waals surface area contributed by atoms with Crippen molar-refractivity contribution in [3.05, 3.63) is 34.9 Å². The van der Waals surface area contributed by atoms with Crippen molar-refractivity contribution >= 4 is 11.6 Å². The van der Waals surface area contributed by atoms with Crippen molar-refractivity contribution in [3.8, 4) is 0 Å². The predicted molar refractivity (Wildman–Crippen MR) is 64.3 cm³/mol. The Labute approximate surface area is 96.0 Å². The van der Waals surface area contributed by atoms with Crippen LogP contribution >= 0.6 is 11.6 Å². The molecule has 1 aliphatic rings. The molecule has 0 aliphatic carbocycles. The lowest BCUT2D eigenvalue weighted by Gasteiger charge is -2.23. The normalized spacial score (nSPS) is 27.1. The molecule has 3 heteroatoms. The third-order valence-corrected chi connectivity index (χ3v) is 3.62. The molecule has 2 nitrogen and oxygen atoms in total. The molecule has 0 amide bonds. The van der Waals surface area contributed by atoms with Crippen molar-refractivity contribution in [2.24, 2.45) is 5.73 Å². The molecule has 2 N–H and O–H groups in total. The van der Waals surface area contributed by atoms with E-state index in [9.17, 15) is 0 Å². The maximum absolute atomic E-state index is 5.88. The highest BCUT2D eigenvalue weighted by molar-refractivity contribution is 6.30. The zero-order valence-electron chi connectivity index (χ0n) is 8.99. The van der Waals surface area contributed by atoms with Crippen molar-refractivity contribution in [1.29, 1.82) is 0 Å². The van der Waals surface area contributed by atoms with Crippen LogP contribution in [-0.4, -0.2) is 31.1 Å². The number of halogens is 1. The van der Waals surface area contributed by atoms with Crippen LogP contribution in [0, 0.1) is 0 Å². The SMILES string of the molecule is CN1CCC(c2ccc(Cl)cc2)C1CN. The van der Waals surface area contributed by atoms with Crippen LogP contribution in [0.4, 0.5) is 0 Å². The quantitative estimate of drug-likeness (QED) is 0.834. The van der Waals surface area contributed by atoms with Gasteiger partial charge < -0.3 is 10.6 Å². The molecule has 2 unspecified atom stereocenters. The molecule has 1 saturated heterocycles. The van der Waals surface area contributed by atoms with E-state index in [2.05, 4.69) is 24.1 Å². The van der Waals surface area contributed by atoms with Crippen LogP contribution in [0.1, 0.15) is 17.9 Å². The first kappa shape index (κ1) is 10.9. The molecule has 0 radical (unpaired) electrons. The van der Waals surface area contributed by atoms with Crippen LogP contribution in [0.15, 0.2) is 24.3 Å². The van der Waals surface area contributed by atoms with E-state index in [1.807, 2.05) is 12.1 Å². The largest absolute Gasteiger partial charge is 0.329 e. The molecule has 82 valence electrons. The summed E-state index contributed by atoms with van der Waals surface area (Å²) in [6.07, 6.45) is 1.19. The van der Waals surface area contributed by atoms with Gasteiger partial charge in [0.1, 0.15) is 0 Å². The fourth-order valence-corrected chi connectivity index (χ4v) is 2.58. The molecule has 0 bridgehead atoms. The summed E-state index contributed by atoms with van der Waals surface area (Å²) >= 11 is 5.88. The molecule has 1 heterocycles. The Morgan fingerprint density at radius 2 is 2.07 bits per heavy atom. The first-order valence-electron chi connectivity index (χ1n) is 5.38. The van der Waals surface area contributed by atoms with Crippen LogP contribution in [-0.2, 0) is 0 Å². The Morgan fingerprint density at radius 1 is 1.40 bits per heavy atom. The number of nitrogens with zero attached hydrogens (tertiary/aromatic N) is 1. The number of rotatable bonds is 2. The second-order valence-electron chi connectivity index (χ2n) is 4.23. The fraction of sp³-hybridized carbons (Fsp3) is 0.500. The summed E-state index contributed by atoms with van der Waals surface area (Å²) in [6.45, 7) is 1.86. The van der Waals surface area contributed by atoms with E-state index in [-0.39, 0.29) is 0 Å². The Kier molecular flexibility index (Phi) is 3.29. The van der Waals surface area contributed by atoms with Crippen LogP contribution in [0.3, 0.4) is 0 Å². The lowest BCUT2D eigenvalue weighted by molar-refractivity contribution is 0.304. The maximum Gasteiger partial charge on any atom is 0.0406 e. The fourth-order valence-electron chi connectivity index (χ4n) is 2.45. The number of hydrogen-bond acceptors (Lipinski definition) is 2. The van der Waals surface area contributed by atoms with Gasteiger partial charge in [0.2, 0.25) is 0 Å². The molecular weight excluding hydrogens is 208 g/mol. The monoisotopic (exact) mass is 224 g/mol. The number of hydrogen-bond donors (Lipinski definition) is 1. The lowest BCUT2D eigenvalue weighted by Crippen LogP contribution is -2.35. The van der Waals surface area contributed by atoms with Gasteiger partial charge in [0.05, 0.1) is 0 Å². The molecule has 0 aromatic heterocycles. The number of likely N-dealkylation sites (N-methyl/N-ethyl adjacent to an activating group) is 1. The van der Waals surface area contributed by atoms with Gasteiger partial charge >= 0.3 is 0 Å². The molecule has 2 rings (SSSR count). The van der Waals surface area contributed by atoms with Crippen molar-refractivity contribution in [3.63, 3.8) is 0 Å². The minimum absolute atomic E-state index is 0.478. The molecule has 1 aliphatic heterocycles. The van der Waals surface area contributed by atoms with Crippen molar-refractivity contribution < 1.29 is 0 Å². The zero-order valence-corrected chi connectivity index (χ0v) is 9.74. The smallest absolute Gasteiger partial charge is 0.0406 e. The highest BCUT2D eigenvalue weighted by Gasteiger charge is 2.31. The Bertz CT molecular complexity index is 323. The standard InChI is InChI=1S/C12H17ClN2/c1-15-7-6-11(12(15)8-14)9-2-4-10(13)5-3-9/h2-5,11-12H,6-8,14H2,1H3. The molecule has 1 fully saturated rings. The molecule has 2 atom stereocenters. The summed E-state index contributed by atoms with van der Waals surface area (Å²) < 4.78 is 0. The van der Waals surface area contributed by atoms with Crippen molar-refractivity contribution in [2.75, 3.05) is 20.1 Å². The second-order valence-corrected chi connectivity index (χ2v) is 4.67. The van der Waals surface area contributed by atoms with Gasteiger partial charge in [-0.1, -0.05) is 23.7 Å². The summed E-state index contributed by atoms with van der Waals surface area (Å²) in [4.78, 5) is 2.35. The molecule has 0 saturated carbocycles. The number of benzene rings is 1. The third kappa shape index (κ3) is 2.17. The van der Waals surface area contributed by atoms with Gasteiger partial charge in [0.15, 0.2) is 0 Å². The zero-order chi connectivity index (χ0) is 10.8. The molecule has 15 heavy (non-hydrogen) atoms. The molecular formula is C12H17ClN2. The van der Waals surface area contributed by atoms with Gasteiger partial charge in [-0.25, -0.2) is 0 Å². The van der Waals surface area contributed by atoms with Crippen LogP contribution in [0.25, 0.3) is 0 Å². The number of nitrogens with two attached hydrogens (primary N) is 1. The van der Waals surface area contributed by atoms with Gasteiger partial charge in [-0.15, -0.1) is 0 Å². The van der Waals surface area contributed by atoms with Crippen LogP contribution in [0.2, 0.25) is 5.02 Å². The van der Waals surface area contributed by atoms with E-state index in [1.165, 1.54) is 12.0 Å². The Hall–Kier alpha value is -0.570. The maximum atomic E-state index is 5.88. The highest BCUT2D eigenvalue weighted by atomic mass is 35.5. The first-order valence-corrected chi connectivity index (χ1v) is 5.76. The summed E-state index contributed by atoms with van der Waals surface area (Å²) in [6, 6.07) is 8.64. The van der Waals surface area contributed by atoms with E-state index in [1.54, 1.807) is 0 Å². The second kappa shape index (κ2) is 4.52. The molecule has 1 aromatic carbocycles. The van der Waals surface area contributed by atoms with Crippen molar-refractivity contribution in [2.45, 2.75) is 18.4 Å². The van der Waals surface area contributed by atoms with Gasteiger partial charge in [-0.2, -0.15) is 0 Å². The summed E-state index contributed by atoms with van der Waals surface area (Å²) in [5.74, 6) is 0.567. The highest BCUT2D eigenvalue weighted by Crippen LogP contribution is 2.32. The van der Waals surface area contributed by atoms with E-state index < -0.39 is 0 Å². The van der Waals surface area contributed by atoms with Gasteiger partial charge in [-0.3, -0.25) is 0 Å². The third-order valence-electron chi connectivity index (χ3n) is 3.36. The topological polar surface area (TPSA) is 29.3 Å². The molecule has 0 spiro atoms. The van der Waals surface area contributed by atoms with E-state index >= 15 is 0 Å². The summed E-state index contributed by atoms with van der Waals surface area (Å²) in [5.41, 5.74) is 7.17. The van der Waals surface area contributed by atoms with Gasteiger partial charge in [0, 0.05) is 23.5 Å². The Morgan fingerprint density at radius 3 is 2.67 bits per heavy atom. The van der Waals surface area contributed by atoms with Crippen LogP contribution < -0.4 is 5.73 Å². The average molecular weight is 225 g/mol. The first-order chi connectivity index (χ1) is 7.22. The predicted octanol–water partition coefficient (Wildman–Crippen LogP) is 2.09. The van der Waals surface area contributed by atoms with E-state index in [4.69, 9.17) is 17.3 Å². The minimum atomic E-state index is 0.478. The van der Waals surface area contributed by atoms with E-state index in [0.717, 1.165) is 18.1 Å².